The highest BCUT2D eigenvalue weighted by molar-refractivity contribution is 5.91. The molecule has 5 heteroatoms. The fraction of sp³-hybridized carbons (Fsp3) is 0.692. The van der Waals surface area contributed by atoms with E-state index in [0.29, 0.717) is 12.0 Å². The Morgan fingerprint density at radius 1 is 1.39 bits per heavy atom. The number of esters is 2. The zero-order valence-electron chi connectivity index (χ0n) is 11.6. The summed E-state index contributed by atoms with van der Waals surface area (Å²) in [5, 5.41) is 2.85. The third kappa shape index (κ3) is 4.39. The lowest BCUT2D eigenvalue weighted by atomic mass is 10.1. The van der Waals surface area contributed by atoms with Crippen molar-refractivity contribution in [2.75, 3.05) is 0 Å². The summed E-state index contributed by atoms with van der Waals surface area (Å²) in [5.74, 6) is -0.741. The fourth-order valence-corrected chi connectivity index (χ4v) is 1.50. The van der Waals surface area contributed by atoms with Crippen molar-refractivity contribution in [2.24, 2.45) is 0 Å². The molecule has 0 aromatic carbocycles. The standard InChI is InChI=1S/C13H21NO4/c1-8(2)17-11(15)9-6-10(14-7-9)12(16)18-13(3,4)5/h7-8,10,14H,6H2,1-5H3. The van der Waals surface area contributed by atoms with Gasteiger partial charge in [-0.1, -0.05) is 0 Å². The van der Waals surface area contributed by atoms with Crippen LogP contribution in [-0.4, -0.2) is 29.7 Å². The van der Waals surface area contributed by atoms with Crippen LogP contribution in [0.25, 0.3) is 0 Å². The van der Waals surface area contributed by atoms with Gasteiger partial charge in [0.05, 0.1) is 11.7 Å². The molecule has 18 heavy (non-hydrogen) atoms. The number of hydrogen-bond donors (Lipinski definition) is 1. The Kier molecular flexibility index (Phi) is 4.38. The van der Waals surface area contributed by atoms with Crippen LogP contribution in [0, 0.1) is 0 Å². The van der Waals surface area contributed by atoms with Gasteiger partial charge in [0, 0.05) is 12.6 Å². The van der Waals surface area contributed by atoms with Gasteiger partial charge in [-0.15, -0.1) is 0 Å². The summed E-state index contributed by atoms with van der Waals surface area (Å²) in [5.41, 5.74) is -0.0560. The Balaban J connectivity index is 2.49. The first-order chi connectivity index (χ1) is 8.19. The van der Waals surface area contributed by atoms with E-state index >= 15 is 0 Å². The average molecular weight is 255 g/mol. The molecule has 0 saturated carbocycles. The number of hydrogen-bond acceptors (Lipinski definition) is 5. The third-order valence-electron chi connectivity index (χ3n) is 2.18. The van der Waals surface area contributed by atoms with Crippen molar-refractivity contribution in [2.45, 2.75) is 58.8 Å². The van der Waals surface area contributed by atoms with Crippen molar-refractivity contribution >= 4 is 11.9 Å². The van der Waals surface area contributed by atoms with Crippen LogP contribution < -0.4 is 5.32 Å². The lowest BCUT2D eigenvalue weighted by molar-refractivity contribution is -0.156. The third-order valence-corrected chi connectivity index (χ3v) is 2.18. The van der Waals surface area contributed by atoms with Crippen LogP contribution in [0.15, 0.2) is 11.8 Å². The topological polar surface area (TPSA) is 64.6 Å². The Morgan fingerprint density at radius 2 is 2.00 bits per heavy atom. The van der Waals surface area contributed by atoms with Gasteiger partial charge in [0.1, 0.15) is 11.6 Å². The molecule has 1 aliphatic rings. The van der Waals surface area contributed by atoms with Gasteiger partial charge in [-0.05, 0) is 34.6 Å². The summed E-state index contributed by atoms with van der Waals surface area (Å²) in [7, 11) is 0. The van der Waals surface area contributed by atoms with Crippen molar-refractivity contribution in [1.82, 2.24) is 5.32 Å². The molecular weight excluding hydrogens is 234 g/mol. The van der Waals surface area contributed by atoms with Crippen molar-refractivity contribution in [3.05, 3.63) is 11.8 Å². The van der Waals surface area contributed by atoms with Gasteiger partial charge in [0.15, 0.2) is 0 Å². The minimum atomic E-state index is -0.528. The maximum absolute atomic E-state index is 11.8. The molecule has 1 N–H and O–H groups in total. The molecule has 0 aromatic rings. The van der Waals surface area contributed by atoms with Gasteiger partial charge < -0.3 is 14.8 Å². The lowest BCUT2D eigenvalue weighted by Gasteiger charge is -2.22. The van der Waals surface area contributed by atoms with E-state index in [4.69, 9.17) is 9.47 Å². The van der Waals surface area contributed by atoms with Gasteiger partial charge in [-0.25, -0.2) is 9.59 Å². The van der Waals surface area contributed by atoms with Crippen LogP contribution in [0.3, 0.4) is 0 Å². The molecule has 0 spiro atoms. The van der Waals surface area contributed by atoms with Gasteiger partial charge in [-0.2, -0.15) is 0 Å². The first-order valence-corrected chi connectivity index (χ1v) is 6.08. The van der Waals surface area contributed by atoms with Gasteiger partial charge in [0.2, 0.25) is 0 Å². The first kappa shape index (κ1) is 14.5. The normalized spacial score (nSPS) is 19.2. The molecule has 0 amide bonds. The second kappa shape index (κ2) is 5.42. The fourth-order valence-electron chi connectivity index (χ4n) is 1.50. The molecule has 102 valence electrons. The second-order valence-corrected chi connectivity index (χ2v) is 5.58. The van der Waals surface area contributed by atoms with Crippen LogP contribution in [0.1, 0.15) is 41.0 Å². The highest BCUT2D eigenvalue weighted by atomic mass is 16.6. The predicted octanol–water partition coefficient (Wildman–Crippen LogP) is 1.53. The summed E-state index contributed by atoms with van der Waals surface area (Å²) in [6.45, 7) is 8.99. The molecule has 0 bridgehead atoms. The van der Waals surface area contributed by atoms with Crippen LogP contribution in [0.5, 0.6) is 0 Å². The maximum atomic E-state index is 11.8. The monoisotopic (exact) mass is 255 g/mol. The maximum Gasteiger partial charge on any atom is 0.335 e. The number of rotatable bonds is 3. The average Bonchev–Trinajstić information content (AvgIpc) is 2.61. The number of carbonyl (C=O) groups excluding carboxylic acids is 2. The summed E-state index contributed by atoms with van der Waals surface area (Å²) >= 11 is 0. The smallest absolute Gasteiger partial charge is 0.335 e. The number of carbonyl (C=O) groups is 2. The van der Waals surface area contributed by atoms with Crippen LogP contribution in [-0.2, 0) is 19.1 Å². The summed E-state index contributed by atoms with van der Waals surface area (Å²) < 4.78 is 10.3. The molecular formula is C13H21NO4. The molecule has 0 aliphatic carbocycles. The van der Waals surface area contributed by atoms with E-state index in [0.717, 1.165) is 0 Å². The summed E-state index contributed by atoms with van der Waals surface area (Å²) in [4.78, 5) is 23.4. The molecule has 0 radical (unpaired) electrons. The van der Waals surface area contributed by atoms with Crippen LogP contribution in [0.2, 0.25) is 0 Å². The van der Waals surface area contributed by atoms with Crippen molar-refractivity contribution < 1.29 is 19.1 Å². The molecule has 1 atom stereocenters. The predicted molar refractivity (Wildman–Crippen MR) is 66.7 cm³/mol. The molecule has 0 saturated heterocycles. The molecule has 1 unspecified atom stereocenters. The van der Waals surface area contributed by atoms with Crippen molar-refractivity contribution in [1.29, 1.82) is 0 Å². The Labute approximate surface area is 108 Å². The van der Waals surface area contributed by atoms with Gasteiger partial charge in [0.25, 0.3) is 0 Å². The molecule has 1 rings (SSSR count). The summed E-state index contributed by atoms with van der Waals surface area (Å²) in [6.07, 6.45) is 1.67. The Bertz CT molecular complexity index is 366. The Hall–Kier alpha value is -1.52. The molecule has 1 aliphatic heterocycles. The molecule has 0 fully saturated rings. The number of ether oxygens (including phenoxy) is 2. The highest BCUT2D eigenvalue weighted by Gasteiger charge is 2.31. The van der Waals surface area contributed by atoms with E-state index in [9.17, 15) is 9.59 Å². The number of nitrogens with one attached hydrogen (secondary N) is 1. The second-order valence-electron chi connectivity index (χ2n) is 5.58. The van der Waals surface area contributed by atoms with E-state index in [1.807, 2.05) is 0 Å². The largest absolute Gasteiger partial charge is 0.460 e. The van der Waals surface area contributed by atoms with Gasteiger partial charge in [-0.3, -0.25) is 0 Å². The zero-order chi connectivity index (χ0) is 13.9. The molecule has 0 aromatic heterocycles. The van der Waals surface area contributed by atoms with E-state index in [1.165, 1.54) is 6.20 Å². The minimum Gasteiger partial charge on any atom is -0.460 e. The van der Waals surface area contributed by atoms with E-state index < -0.39 is 11.6 Å². The van der Waals surface area contributed by atoms with E-state index in [-0.39, 0.29) is 18.0 Å². The Morgan fingerprint density at radius 3 is 2.50 bits per heavy atom. The molecule has 5 nitrogen and oxygen atoms in total. The van der Waals surface area contributed by atoms with E-state index in [2.05, 4.69) is 5.32 Å². The quantitative estimate of drug-likeness (QED) is 0.775. The van der Waals surface area contributed by atoms with Crippen LogP contribution in [0.4, 0.5) is 0 Å². The zero-order valence-corrected chi connectivity index (χ0v) is 11.6. The minimum absolute atomic E-state index is 0.168. The summed E-state index contributed by atoms with van der Waals surface area (Å²) in [6, 6.07) is -0.501. The lowest BCUT2D eigenvalue weighted by Crippen LogP contribution is -2.36. The van der Waals surface area contributed by atoms with Crippen molar-refractivity contribution in [3.8, 4) is 0 Å². The van der Waals surface area contributed by atoms with Gasteiger partial charge >= 0.3 is 11.9 Å². The first-order valence-electron chi connectivity index (χ1n) is 6.08. The van der Waals surface area contributed by atoms with E-state index in [1.54, 1.807) is 34.6 Å². The van der Waals surface area contributed by atoms with Crippen LogP contribution >= 0.6 is 0 Å². The SMILES string of the molecule is CC(C)OC(=O)C1=CNC(C(=O)OC(C)(C)C)C1. The van der Waals surface area contributed by atoms with Crippen molar-refractivity contribution in [3.63, 3.8) is 0 Å². The molecule has 1 heterocycles. The highest BCUT2D eigenvalue weighted by Crippen LogP contribution is 2.18.